The van der Waals surface area contributed by atoms with Gasteiger partial charge in [0.25, 0.3) is 5.91 Å². The number of halogens is 2. The zero-order valence-corrected chi connectivity index (χ0v) is 9.08. The third kappa shape index (κ3) is 3.00. The molecule has 0 fully saturated rings. The Hall–Kier alpha value is -1.49. The molecule has 0 bridgehead atoms. The van der Waals surface area contributed by atoms with Crippen molar-refractivity contribution < 1.29 is 18.7 Å². The number of carbonyl (C=O) groups is 1. The Morgan fingerprint density at radius 2 is 2.06 bits per heavy atom. The van der Waals surface area contributed by atoms with Crippen molar-refractivity contribution in [3.63, 3.8) is 0 Å². The number of likely N-dealkylation sites (N-methyl/N-ethyl adjacent to an activating group) is 1. The third-order valence-electron chi connectivity index (χ3n) is 2.05. The highest BCUT2D eigenvalue weighted by Gasteiger charge is 2.15. The Morgan fingerprint density at radius 3 is 2.56 bits per heavy atom. The molecule has 0 aliphatic carbocycles. The highest BCUT2D eigenvalue weighted by Crippen LogP contribution is 2.10. The van der Waals surface area contributed by atoms with Gasteiger partial charge in [-0.05, 0) is 25.1 Å². The minimum atomic E-state index is -1.06. The van der Waals surface area contributed by atoms with E-state index >= 15 is 0 Å². The van der Waals surface area contributed by atoms with Gasteiger partial charge in [0.15, 0.2) is 11.6 Å². The average Bonchev–Trinajstić information content (AvgIpc) is 2.20. The molecule has 0 aliphatic rings. The number of hydrogen-bond donors (Lipinski definition) is 1. The smallest absolute Gasteiger partial charge is 0.253 e. The van der Waals surface area contributed by atoms with E-state index in [-0.39, 0.29) is 12.1 Å². The Labute approximate surface area is 92.3 Å². The molecular formula is C11H13F2NO2. The second kappa shape index (κ2) is 5.03. The van der Waals surface area contributed by atoms with Gasteiger partial charge in [0.2, 0.25) is 0 Å². The number of benzene rings is 1. The van der Waals surface area contributed by atoms with Gasteiger partial charge in [-0.15, -0.1) is 0 Å². The summed E-state index contributed by atoms with van der Waals surface area (Å²) in [6, 6.07) is 2.95. The summed E-state index contributed by atoms with van der Waals surface area (Å²) in [6.45, 7) is 1.67. The summed E-state index contributed by atoms with van der Waals surface area (Å²) in [7, 11) is 1.48. The average molecular weight is 229 g/mol. The van der Waals surface area contributed by atoms with E-state index in [2.05, 4.69) is 0 Å². The first-order valence-corrected chi connectivity index (χ1v) is 4.80. The normalized spacial score (nSPS) is 12.3. The fourth-order valence-corrected chi connectivity index (χ4v) is 1.33. The van der Waals surface area contributed by atoms with Crippen LogP contribution in [0.4, 0.5) is 8.78 Å². The number of aliphatic hydroxyl groups excluding tert-OH is 1. The third-order valence-corrected chi connectivity index (χ3v) is 2.05. The first-order valence-electron chi connectivity index (χ1n) is 4.80. The van der Waals surface area contributed by atoms with Gasteiger partial charge in [-0.1, -0.05) is 0 Å². The van der Waals surface area contributed by atoms with Gasteiger partial charge in [-0.2, -0.15) is 0 Å². The van der Waals surface area contributed by atoms with E-state index in [1.165, 1.54) is 24.9 Å². The molecule has 16 heavy (non-hydrogen) atoms. The van der Waals surface area contributed by atoms with E-state index in [0.29, 0.717) is 0 Å². The molecule has 1 unspecified atom stereocenters. The maximum absolute atomic E-state index is 12.9. The Kier molecular flexibility index (Phi) is 3.95. The van der Waals surface area contributed by atoms with Crippen LogP contribution in [0.2, 0.25) is 0 Å². The van der Waals surface area contributed by atoms with Crippen LogP contribution in [-0.4, -0.2) is 35.6 Å². The Morgan fingerprint density at radius 1 is 1.44 bits per heavy atom. The number of hydrogen-bond acceptors (Lipinski definition) is 2. The van der Waals surface area contributed by atoms with Crippen LogP contribution in [0.1, 0.15) is 17.3 Å². The van der Waals surface area contributed by atoms with Crippen molar-refractivity contribution in [2.24, 2.45) is 0 Å². The second-order valence-electron chi connectivity index (χ2n) is 3.66. The summed E-state index contributed by atoms with van der Waals surface area (Å²) in [6.07, 6.45) is -0.667. The van der Waals surface area contributed by atoms with Gasteiger partial charge in [-0.3, -0.25) is 4.79 Å². The molecule has 1 N–H and O–H groups in total. The summed E-state index contributed by atoms with van der Waals surface area (Å²) < 4.78 is 25.5. The Balaban J connectivity index is 2.84. The van der Waals surface area contributed by atoms with Gasteiger partial charge < -0.3 is 10.0 Å². The number of nitrogens with zero attached hydrogens (tertiary/aromatic N) is 1. The van der Waals surface area contributed by atoms with Crippen molar-refractivity contribution in [1.82, 2.24) is 4.90 Å². The first kappa shape index (κ1) is 12.6. The lowest BCUT2D eigenvalue weighted by molar-refractivity contribution is 0.0703. The van der Waals surface area contributed by atoms with Crippen LogP contribution < -0.4 is 0 Å². The van der Waals surface area contributed by atoms with Gasteiger partial charge in [0, 0.05) is 19.2 Å². The molecule has 0 aliphatic heterocycles. The number of rotatable bonds is 3. The minimum absolute atomic E-state index is 0.0575. The van der Waals surface area contributed by atoms with Crippen molar-refractivity contribution in [2.45, 2.75) is 13.0 Å². The van der Waals surface area contributed by atoms with Crippen molar-refractivity contribution in [3.05, 3.63) is 35.4 Å². The van der Waals surface area contributed by atoms with E-state index < -0.39 is 23.6 Å². The highest BCUT2D eigenvalue weighted by atomic mass is 19.2. The van der Waals surface area contributed by atoms with Crippen LogP contribution in [0.5, 0.6) is 0 Å². The van der Waals surface area contributed by atoms with E-state index in [1.54, 1.807) is 0 Å². The van der Waals surface area contributed by atoms with Crippen LogP contribution in [0.25, 0.3) is 0 Å². The van der Waals surface area contributed by atoms with Gasteiger partial charge >= 0.3 is 0 Å². The lowest BCUT2D eigenvalue weighted by atomic mass is 10.2. The molecule has 1 amide bonds. The Bertz CT molecular complexity index is 394. The maximum atomic E-state index is 12.9. The van der Waals surface area contributed by atoms with Gasteiger partial charge in [-0.25, -0.2) is 8.78 Å². The fraction of sp³-hybridized carbons (Fsp3) is 0.364. The van der Waals surface area contributed by atoms with Gasteiger partial charge in [0.05, 0.1) is 6.10 Å². The predicted molar refractivity (Wildman–Crippen MR) is 55.0 cm³/mol. The van der Waals surface area contributed by atoms with Crippen molar-refractivity contribution in [2.75, 3.05) is 13.6 Å². The molecule has 88 valence electrons. The lowest BCUT2D eigenvalue weighted by Gasteiger charge is -2.18. The quantitative estimate of drug-likeness (QED) is 0.851. The van der Waals surface area contributed by atoms with Crippen LogP contribution in [0.3, 0.4) is 0 Å². The van der Waals surface area contributed by atoms with Crippen molar-refractivity contribution >= 4 is 5.91 Å². The molecule has 0 saturated carbocycles. The predicted octanol–water partition coefficient (Wildman–Crippen LogP) is 1.42. The zero-order chi connectivity index (χ0) is 12.3. The number of aliphatic hydroxyl groups is 1. The van der Waals surface area contributed by atoms with Crippen LogP contribution in [-0.2, 0) is 0 Å². The molecule has 5 heteroatoms. The summed E-state index contributed by atoms with van der Waals surface area (Å²) >= 11 is 0. The monoisotopic (exact) mass is 229 g/mol. The molecule has 0 saturated heterocycles. The van der Waals surface area contributed by atoms with Gasteiger partial charge in [0.1, 0.15) is 0 Å². The van der Waals surface area contributed by atoms with E-state index in [4.69, 9.17) is 5.11 Å². The van der Waals surface area contributed by atoms with Crippen LogP contribution in [0, 0.1) is 11.6 Å². The zero-order valence-electron chi connectivity index (χ0n) is 9.08. The second-order valence-corrected chi connectivity index (χ2v) is 3.66. The first-order chi connectivity index (χ1) is 7.41. The van der Waals surface area contributed by atoms with E-state index in [1.807, 2.05) is 0 Å². The van der Waals surface area contributed by atoms with Crippen LogP contribution >= 0.6 is 0 Å². The SMILES string of the molecule is CC(O)CN(C)C(=O)c1ccc(F)c(F)c1. The van der Waals surface area contributed by atoms with E-state index in [9.17, 15) is 13.6 Å². The molecule has 3 nitrogen and oxygen atoms in total. The molecular weight excluding hydrogens is 216 g/mol. The lowest BCUT2D eigenvalue weighted by Crippen LogP contribution is -2.33. The minimum Gasteiger partial charge on any atom is -0.392 e. The van der Waals surface area contributed by atoms with Crippen molar-refractivity contribution in [1.29, 1.82) is 0 Å². The standard InChI is InChI=1S/C11H13F2NO2/c1-7(15)6-14(2)11(16)8-3-4-9(12)10(13)5-8/h3-5,7,15H,6H2,1-2H3. The molecule has 1 aromatic rings. The number of carbonyl (C=O) groups excluding carboxylic acids is 1. The highest BCUT2D eigenvalue weighted by molar-refractivity contribution is 5.94. The maximum Gasteiger partial charge on any atom is 0.253 e. The molecule has 0 aromatic heterocycles. The van der Waals surface area contributed by atoms with E-state index in [0.717, 1.165) is 12.1 Å². The topological polar surface area (TPSA) is 40.5 Å². The summed E-state index contributed by atoms with van der Waals surface area (Å²) in [5.74, 6) is -2.51. The molecule has 0 spiro atoms. The molecule has 1 aromatic carbocycles. The fourth-order valence-electron chi connectivity index (χ4n) is 1.33. The molecule has 1 rings (SSSR count). The number of amides is 1. The molecule has 1 atom stereocenters. The molecule has 0 heterocycles. The summed E-state index contributed by atoms with van der Waals surface area (Å²) in [4.78, 5) is 12.9. The summed E-state index contributed by atoms with van der Waals surface area (Å²) in [5.41, 5.74) is 0.0575. The van der Waals surface area contributed by atoms with Crippen LogP contribution in [0.15, 0.2) is 18.2 Å². The van der Waals surface area contributed by atoms with Crippen molar-refractivity contribution in [3.8, 4) is 0 Å². The molecule has 0 radical (unpaired) electrons. The summed E-state index contributed by atoms with van der Waals surface area (Å²) in [5, 5.41) is 9.09. The largest absolute Gasteiger partial charge is 0.392 e.